The van der Waals surface area contributed by atoms with Gasteiger partial charge in [-0.15, -0.1) is 0 Å². The number of ether oxygens (including phenoxy) is 1. The number of hydrogen-bond donors (Lipinski definition) is 1. The van der Waals surface area contributed by atoms with Gasteiger partial charge in [-0.1, -0.05) is 58.7 Å². The second-order valence-electron chi connectivity index (χ2n) is 9.42. The molecule has 3 rings (SSSR count). The lowest BCUT2D eigenvalue weighted by atomic mass is 9.72. The van der Waals surface area contributed by atoms with Crippen molar-refractivity contribution in [2.45, 2.75) is 57.3 Å². The highest BCUT2D eigenvalue weighted by Gasteiger charge is 2.39. The zero-order valence-electron chi connectivity index (χ0n) is 20.3. The number of aromatic nitrogens is 1. The maximum atomic E-state index is 13.3. The summed E-state index contributed by atoms with van der Waals surface area (Å²) < 4.78 is 45.1. The van der Waals surface area contributed by atoms with Crippen molar-refractivity contribution in [2.75, 3.05) is 0 Å². The lowest BCUT2D eigenvalue weighted by molar-refractivity contribution is -0.138. The van der Waals surface area contributed by atoms with E-state index in [1.54, 1.807) is 13.8 Å². The van der Waals surface area contributed by atoms with Crippen LogP contribution in [-0.2, 0) is 22.8 Å². The van der Waals surface area contributed by atoms with E-state index in [1.807, 2.05) is 55.5 Å². The van der Waals surface area contributed by atoms with Gasteiger partial charge in [0.25, 0.3) is 5.91 Å². The Morgan fingerprint density at radius 1 is 1.06 bits per heavy atom. The van der Waals surface area contributed by atoms with Gasteiger partial charge in [0.05, 0.1) is 5.56 Å². The predicted octanol–water partition coefficient (Wildman–Crippen LogP) is 7.38. The molecule has 0 aliphatic heterocycles. The fourth-order valence-corrected chi connectivity index (χ4v) is 4.35. The molecule has 0 aliphatic rings. The van der Waals surface area contributed by atoms with Crippen LogP contribution in [-0.4, -0.2) is 22.5 Å². The Labute approximate surface area is 222 Å². The van der Waals surface area contributed by atoms with Gasteiger partial charge in [-0.2, -0.15) is 13.2 Å². The van der Waals surface area contributed by atoms with E-state index in [-0.39, 0.29) is 11.9 Å². The summed E-state index contributed by atoms with van der Waals surface area (Å²) in [5, 5.41) is 3.69. The molecule has 9 heteroatoms. The van der Waals surface area contributed by atoms with E-state index in [4.69, 9.17) is 16.3 Å². The molecular weight excluding hydrogens is 557 g/mol. The third kappa shape index (κ3) is 6.79. The molecule has 3 aromatic rings. The van der Waals surface area contributed by atoms with Crippen molar-refractivity contribution in [2.24, 2.45) is 0 Å². The van der Waals surface area contributed by atoms with E-state index < -0.39 is 28.7 Å². The van der Waals surface area contributed by atoms with Crippen LogP contribution in [0.4, 0.5) is 13.2 Å². The van der Waals surface area contributed by atoms with Gasteiger partial charge in [0, 0.05) is 33.2 Å². The molecule has 1 amide bonds. The Bertz CT molecular complexity index is 1200. The lowest BCUT2D eigenvalue weighted by Crippen LogP contribution is -2.55. The van der Waals surface area contributed by atoms with E-state index in [1.165, 1.54) is 0 Å². The summed E-state index contributed by atoms with van der Waals surface area (Å²) in [7, 11) is 0. The van der Waals surface area contributed by atoms with Crippen LogP contribution in [0, 0.1) is 0 Å². The minimum absolute atomic E-state index is 0.0771. The van der Waals surface area contributed by atoms with Crippen LogP contribution in [0.2, 0.25) is 5.02 Å². The highest BCUT2D eigenvalue weighted by molar-refractivity contribution is 9.10. The number of halogens is 5. The molecule has 0 spiro atoms. The number of pyridine rings is 1. The molecule has 0 aliphatic carbocycles. The molecule has 192 valence electrons. The van der Waals surface area contributed by atoms with Crippen molar-refractivity contribution < 1.29 is 22.7 Å². The summed E-state index contributed by atoms with van der Waals surface area (Å²) in [5.41, 5.74) is -0.733. The van der Waals surface area contributed by atoms with Crippen molar-refractivity contribution >= 4 is 33.4 Å². The third-order valence-electron chi connectivity index (χ3n) is 6.24. The van der Waals surface area contributed by atoms with E-state index in [0.29, 0.717) is 17.6 Å². The topological polar surface area (TPSA) is 51.2 Å². The molecule has 1 heterocycles. The highest BCUT2D eigenvalue weighted by atomic mass is 79.9. The number of carbonyl (C=O) groups excluding carboxylic acids is 1. The summed E-state index contributed by atoms with van der Waals surface area (Å²) in [5.74, 6) is -0.499. The van der Waals surface area contributed by atoms with Crippen LogP contribution in [0.1, 0.15) is 44.4 Å². The van der Waals surface area contributed by atoms with Crippen LogP contribution in [0.15, 0.2) is 71.3 Å². The first kappa shape index (κ1) is 28.0. The number of nitrogens with zero attached hydrogens (tertiary/aromatic N) is 1. The Kier molecular flexibility index (Phi) is 8.41. The summed E-state index contributed by atoms with van der Waals surface area (Å²) >= 11 is 9.60. The van der Waals surface area contributed by atoms with Crippen molar-refractivity contribution in [1.29, 1.82) is 0 Å². The van der Waals surface area contributed by atoms with Crippen LogP contribution < -0.4 is 10.1 Å². The SMILES string of the molecule is CC(NC(=O)C(C)(C)Oc1ccc(C(F)(F)F)cn1)C(C)(Cc1ccc(Cl)cc1)c1cccc(Br)c1. The molecule has 4 nitrogen and oxygen atoms in total. The van der Waals surface area contributed by atoms with Crippen molar-refractivity contribution in [3.8, 4) is 5.88 Å². The second-order valence-corrected chi connectivity index (χ2v) is 10.8. The molecule has 0 saturated carbocycles. The quantitative estimate of drug-likeness (QED) is 0.301. The number of hydrogen-bond acceptors (Lipinski definition) is 3. The van der Waals surface area contributed by atoms with Crippen molar-refractivity contribution in [1.82, 2.24) is 10.3 Å². The molecule has 2 unspecified atom stereocenters. The Morgan fingerprint density at radius 2 is 1.72 bits per heavy atom. The summed E-state index contributed by atoms with van der Waals surface area (Å²) in [6.45, 7) is 7.08. The minimum atomic E-state index is -4.51. The first-order valence-corrected chi connectivity index (χ1v) is 12.4. The Balaban J connectivity index is 1.82. The zero-order valence-corrected chi connectivity index (χ0v) is 22.6. The van der Waals surface area contributed by atoms with Crippen LogP contribution in [0.3, 0.4) is 0 Å². The fourth-order valence-electron chi connectivity index (χ4n) is 3.82. The Hall–Kier alpha value is -2.58. The predicted molar refractivity (Wildman–Crippen MR) is 138 cm³/mol. The van der Waals surface area contributed by atoms with Gasteiger partial charge in [-0.25, -0.2) is 4.98 Å². The normalized spacial score (nSPS) is 14.6. The number of alkyl halides is 3. The van der Waals surface area contributed by atoms with E-state index in [9.17, 15) is 18.0 Å². The lowest BCUT2D eigenvalue weighted by Gasteiger charge is -2.39. The average Bonchev–Trinajstić information content (AvgIpc) is 2.80. The van der Waals surface area contributed by atoms with Gasteiger partial charge in [0.1, 0.15) is 0 Å². The number of nitrogens with one attached hydrogen (secondary N) is 1. The number of carbonyl (C=O) groups is 1. The molecule has 2 atom stereocenters. The zero-order chi connectivity index (χ0) is 26.7. The smallest absolute Gasteiger partial charge is 0.417 e. The van der Waals surface area contributed by atoms with E-state index >= 15 is 0 Å². The largest absolute Gasteiger partial charge is 0.462 e. The summed E-state index contributed by atoms with van der Waals surface area (Å²) in [4.78, 5) is 17.0. The van der Waals surface area contributed by atoms with Gasteiger partial charge in [-0.3, -0.25) is 4.79 Å². The van der Waals surface area contributed by atoms with Gasteiger partial charge in [-0.05, 0) is 68.7 Å². The van der Waals surface area contributed by atoms with Crippen LogP contribution in [0.25, 0.3) is 0 Å². The average molecular weight is 584 g/mol. The fraction of sp³-hybridized carbons (Fsp3) is 0.333. The standard InChI is InChI=1S/C27H27BrClF3N2O2/c1-17(34-24(35)25(2,3)36-23-13-10-20(16-33-23)27(30,31)32)26(4,19-6-5-7-21(28)14-19)15-18-8-11-22(29)12-9-18/h5-14,16-17H,15H2,1-4H3,(H,34,35). The molecule has 2 aromatic carbocycles. The molecule has 0 saturated heterocycles. The Morgan fingerprint density at radius 3 is 2.28 bits per heavy atom. The number of amides is 1. The maximum absolute atomic E-state index is 13.3. The summed E-state index contributed by atoms with van der Waals surface area (Å²) in [6.07, 6.45) is -3.21. The molecule has 1 aromatic heterocycles. The number of rotatable bonds is 8. The molecule has 1 N–H and O–H groups in total. The van der Waals surface area contributed by atoms with E-state index in [2.05, 4.69) is 33.2 Å². The second kappa shape index (κ2) is 10.8. The minimum Gasteiger partial charge on any atom is -0.462 e. The van der Waals surface area contributed by atoms with Gasteiger partial charge in [0.2, 0.25) is 5.88 Å². The first-order chi connectivity index (χ1) is 16.7. The third-order valence-corrected chi connectivity index (χ3v) is 6.99. The highest BCUT2D eigenvalue weighted by Crippen LogP contribution is 2.34. The summed E-state index contributed by atoms with van der Waals surface area (Å²) in [6, 6.07) is 17.1. The molecular formula is C27H27BrClF3N2O2. The van der Waals surface area contributed by atoms with E-state index in [0.717, 1.165) is 27.7 Å². The molecule has 0 radical (unpaired) electrons. The molecule has 0 fully saturated rings. The van der Waals surface area contributed by atoms with Crippen molar-refractivity contribution in [3.05, 3.63) is 93.0 Å². The van der Waals surface area contributed by atoms with Crippen LogP contribution in [0.5, 0.6) is 5.88 Å². The molecule has 36 heavy (non-hydrogen) atoms. The van der Waals surface area contributed by atoms with Crippen molar-refractivity contribution in [3.63, 3.8) is 0 Å². The maximum Gasteiger partial charge on any atom is 0.417 e. The monoisotopic (exact) mass is 582 g/mol. The van der Waals surface area contributed by atoms with Crippen LogP contribution >= 0.6 is 27.5 Å². The van der Waals surface area contributed by atoms with Gasteiger partial charge >= 0.3 is 6.18 Å². The molecule has 0 bridgehead atoms. The van der Waals surface area contributed by atoms with Gasteiger partial charge in [0.15, 0.2) is 5.60 Å². The van der Waals surface area contributed by atoms with Gasteiger partial charge < -0.3 is 10.1 Å². The first-order valence-electron chi connectivity index (χ1n) is 11.2. The number of benzene rings is 2.